The van der Waals surface area contributed by atoms with Gasteiger partial charge in [-0.05, 0) is 43.7 Å². The van der Waals surface area contributed by atoms with Gasteiger partial charge in [0.15, 0.2) is 0 Å². The maximum absolute atomic E-state index is 12.5. The smallest absolute Gasteiger partial charge is 0.311 e. The molecule has 0 spiro atoms. The minimum absolute atomic E-state index is 0.0583. The third-order valence-electron chi connectivity index (χ3n) is 4.77. The van der Waals surface area contributed by atoms with Gasteiger partial charge in [0.25, 0.3) is 0 Å². The second-order valence-corrected chi connectivity index (χ2v) is 6.75. The van der Waals surface area contributed by atoms with Gasteiger partial charge in [0.2, 0.25) is 5.91 Å². The number of carboxylic acids is 1. The van der Waals surface area contributed by atoms with Crippen LogP contribution >= 0.6 is 0 Å². The fourth-order valence-electron chi connectivity index (χ4n) is 3.27. The van der Waals surface area contributed by atoms with Crippen LogP contribution in [0.1, 0.15) is 50.2 Å². The van der Waals surface area contributed by atoms with Crippen LogP contribution < -0.4 is 0 Å². The van der Waals surface area contributed by atoms with Crippen molar-refractivity contribution in [3.05, 3.63) is 35.4 Å². The molecule has 22 heavy (non-hydrogen) atoms. The number of aliphatic carboxylic acids is 1. The predicted molar refractivity (Wildman–Crippen MR) is 85.8 cm³/mol. The van der Waals surface area contributed by atoms with Crippen molar-refractivity contribution in [1.29, 1.82) is 0 Å². The highest BCUT2D eigenvalue weighted by atomic mass is 16.4. The Hall–Kier alpha value is -1.84. The van der Waals surface area contributed by atoms with E-state index in [0.717, 1.165) is 6.42 Å². The Bertz CT molecular complexity index is 569. The van der Waals surface area contributed by atoms with E-state index in [0.29, 0.717) is 25.9 Å². The fraction of sp³-hybridized carbons (Fsp3) is 0.556. The lowest BCUT2D eigenvalue weighted by molar-refractivity contribution is -0.153. The first-order valence-electron chi connectivity index (χ1n) is 7.90. The molecule has 1 aliphatic rings. The minimum atomic E-state index is -0.808. The highest BCUT2D eigenvalue weighted by Crippen LogP contribution is 2.31. The first-order valence-corrected chi connectivity index (χ1v) is 7.90. The summed E-state index contributed by atoms with van der Waals surface area (Å²) in [6.07, 6.45) is 1.83. The Labute approximate surface area is 132 Å². The topological polar surface area (TPSA) is 57.6 Å². The Kier molecular flexibility index (Phi) is 4.89. The zero-order chi connectivity index (χ0) is 16.3. The summed E-state index contributed by atoms with van der Waals surface area (Å²) in [5, 5.41) is 9.36. The van der Waals surface area contributed by atoms with E-state index in [2.05, 4.69) is 26.0 Å². The lowest BCUT2D eigenvalue weighted by atomic mass is 9.81. The summed E-state index contributed by atoms with van der Waals surface area (Å²) in [5.41, 5.74) is 1.57. The van der Waals surface area contributed by atoms with Crippen molar-refractivity contribution in [2.24, 2.45) is 5.41 Å². The second kappa shape index (κ2) is 6.51. The molecule has 0 radical (unpaired) electrons. The van der Waals surface area contributed by atoms with Crippen LogP contribution in [0.25, 0.3) is 0 Å². The largest absolute Gasteiger partial charge is 0.481 e. The number of carboxylic acid groups (broad SMARTS) is 1. The fourth-order valence-corrected chi connectivity index (χ4v) is 3.27. The SMILES string of the molecule is Cc1ccccc1C(C)CC(=O)N1CCCC(C)(C(=O)O)C1. The quantitative estimate of drug-likeness (QED) is 0.929. The Morgan fingerprint density at radius 3 is 2.68 bits per heavy atom. The van der Waals surface area contributed by atoms with Gasteiger partial charge in [-0.15, -0.1) is 0 Å². The third-order valence-corrected chi connectivity index (χ3v) is 4.77. The lowest BCUT2D eigenvalue weighted by Gasteiger charge is -2.38. The van der Waals surface area contributed by atoms with Crippen LogP contribution in [0.3, 0.4) is 0 Å². The average Bonchev–Trinajstić information content (AvgIpc) is 2.47. The lowest BCUT2D eigenvalue weighted by Crippen LogP contribution is -2.48. The van der Waals surface area contributed by atoms with E-state index in [4.69, 9.17) is 0 Å². The number of rotatable bonds is 4. The number of carbonyl (C=O) groups excluding carboxylic acids is 1. The molecule has 1 aromatic carbocycles. The van der Waals surface area contributed by atoms with Gasteiger partial charge in [0.1, 0.15) is 0 Å². The van der Waals surface area contributed by atoms with Crippen molar-refractivity contribution < 1.29 is 14.7 Å². The van der Waals surface area contributed by atoms with Gasteiger partial charge in [-0.1, -0.05) is 31.2 Å². The van der Waals surface area contributed by atoms with Crippen LogP contribution in [0.4, 0.5) is 0 Å². The van der Waals surface area contributed by atoms with Crippen LogP contribution in [0, 0.1) is 12.3 Å². The molecule has 1 fully saturated rings. The highest BCUT2D eigenvalue weighted by Gasteiger charge is 2.39. The summed E-state index contributed by atoms with van der Waals surface area (Å²) >= 11 is 0. The summed E-state index contributed by atoms with van der Waals surface area (Å²) in [5.74, 6) is -0.605. The van der Waals surface area contributed by atoms with Gasteiger partial charge in [-0.2, -0.15) is 0 Å². The summed E-state index contributed by atoms with van der Waals surface area (Å²) < 4.78 is 0. The Morgan fingerprint density at radius 2 is 2.05 bits per heavy atom. The number of hydrogen-bond acceptors (Lipinski definition) is 2. The number of nitrogens with zero attached hydrogens (tertiary/aromatic N) is 1. The molecule has 2 rings (SSSR count). The highest BCUT2D eigenvalue weighted by molar-refractivity contribution is 5.80. The normalized spacial score (nSPS) is 23.1. The van der Waals surface area contributed by atoms with Gasteiger partial charge in [0.05, 0.1) is 5.41 Å². The molecular weight excluding hydrogens is 278 g/mol. The molecule has 4 nitrogen and oxygen atoms in total. The van der Waals surface area contributed by atoms with E-state index < -0.39 is 11.4 Å². The van der Waals surface area contributed by atoms with Crippen molar-refractivity contribution >= 4 is 11.9 Å². The molecule has 120 valence electrons. The first kappa shape index (κ1) is 16.5. The predicted octanol–water partition coefficient (Wildman–Crippen LogP) is 3.20. The minimum Gasteiger partial charge on any atom is -0.481 e. The van der Waals surface area contributed by atoms with Crippen molar-refractivity contribution in [1.82, 2.24) is 4.90 Å². The third kappa shape index (κ3) is 3.49. The number of aryl methyl sites for hydroxylation is 1. The van der Waals surface area contributed by atoms with E-state index >= 15 is 0 Å². The van der Waals surface area contributed by atoms with Gasteiger partial charge in [-0.25, -0.2) is 0 Å². The first-order chi connectivity index (χ1) is 10.3. The van der Waals surface area contributed by atoms with E-state index in [1.54, 1.807) is 11.8 Å². The molecular formula is C18H25NO3. The molecule has 2 unspecified atom stereocenters. The zero-order valence-electron chi connectivity index (χ0n) is 13.6. The standard InChI is InChI=1S/C18H25NO3/c1-13-7-4-5-8-15(13)14(2)11-16(20)19-10-6-9-18(3,12-19)17(21)22/h4-5,7-8,14H,6,9-12H2,1-3H3,(H,21,22). The van der Waals surface area contributed by atoms with Crippen LogP contribution in [-0.4, -0.2) is 35.0 Å². The number of benzene rings is 1. The number of amides is 1. The molecule has 1 aromatic rings. The molecule has 0 aromatic heterocycles. The molecule has 0 aliphatic carbocycles. The number of hydrogen-bond donors (Lipinski definition) is 1. The van der Waals surface area contributed by atoms with E-state index in [1.165, 1.54) is 11.1 Å². The zero-order valence-corrected chi connectivity index (χ0v) is 13.6. The summed E-state index contributed by atoms with van der Waals surface area (Å²) in [6, 6.07) is 8.10. The van der Waals surface area contributed by atoms with E-state index in [9.17, 15) is 14.7 Å². The van der Waals surface area contributed by atoms with Crippen molar-refractivity contribution in [3.8, 4) is 0 Å². The molecule has 1 saturated heterocycles. The number of carbonyl (C=O) groups is 2. The molecule has 0 bridgehead atoms. The van der Waals surface area contributed by atoms with Gasteiger partial charge >= 0.3 is 5.97 Å². The van der Waals surface area contributed by atoms with Crippen LogP contribution in [0.15, 0.2) is 24.3 Å². The van der Waals surface area contributed by atoms with Crippen LogP contribution in [0.5, 0.6) is 0 Å². The molecule has 1 aliphatic heterocycles. The maximum Gasteiger partial charge on any atom is 0.311 e. The van der Waals surface area contributed by atoms with Crippen molar-refractivity contribution in [2.75, 3.05) is 13.1 Å². The molecule has 0 saturated carbocycles. The molecule has 1 heterocycles. The Balaban J connectivity index is 2.03. The maximum atomic E-state index is 12.5. The van der Waals surface area contributed by atoms with Gasteiger partial charge in [-0.3, -0.25) is 9.59 Å². The summed E-state index contributed by atoms with van der Waals surface area (Å²) in [6.45, 7) is 6.84. The van der Waals surface area contributed by atoms with E-state index in [-0.39, 0.29) is 11.8 Å². The van der Waals surface area contributed by atoms with Crippen molar-refractivity contribution in [3.63, 3.8) is 0 Å². The second-order valence-electron chi connectivity index (χ2n) is 6.75. The van der Waals surface area contributed by atoms with Crippen molar-refractivity contribution in [2.45, 2.75) is 46.0 Å². The number of piperidine rings is 1. The molecule has 4 heteroatoms. The molecule has 1 amide bonds. The molecule has 2 atom stereocenters. The van der Waals surface area contributed by atoms with E-state index in [1.807, 2.05) is 12.1 Å². The monoisotopic (exact) mass is 303 g/mol. The number of likely N-dealkylation sites (tertiary alicyclic amines) is 1. The average molecular weight is 303 g/mol. The molecule has 1 N–H and O–H groups in total. The van der Waals surface area contributed by atoms with Gasteiger partial charge in [0, 0.05) is 19.5 Å². The van der Waals surface area contributed by atoms with Gasteiger partial charge < -0.3 is 10.0 Å². The summed E-state index contributed by atoms with van der Waals surface area (Å²) in [7, 11) is 0. The summed E-state index contributed by atoms with van der Waals surface area (Å²) in [4.78, 5) is 25.7. The van der Waals surface area contributed by atoms with Crippen LogP contribution in [-0.2, 0) is 9.59 Å². The Morgan fingerprint density at radius 1 is 1.36 bits per heavy atom. The van der Waals surface area contributed by atoms with Crippen LogP contribution in [0.2, 0.25) is 0 Å².